The van der Waals surface area contributed by atoms with E-state index in [-0.39, 0.29) is 30.5 Å². The largest absolute Gasteiger partial charge is 0.508 e. The summed E-state index contributed by atoms with van der Waals surface area (Å²) in [6.45, 7) is 1.78. The van der Waals surface area contributed by atoms with E-state index in [1.165, 1.54) is 0 Å². The molecule has 0 aromatic heterocycles. The lowest BCUT2D eigenvalue weighted by molar-refractivity contribution is -0.137. The van der Waals surface area contributed by atoms with Crippen molar-refractivity contribution in [2.75, 3.05) is 0 Å². The average Bonchev–Trinajstić information content (AvgIpc) is 2.35. The standard InChI is InChI=1S/C14H19NO4/c1-10(6-9-14(18)19)15-13(17)8-7-11-4-2-3-5-12(11)16/h2-5,10,16H,6-9H2,1H3,(H,15,17)(H,18,19). The van der Waals surface area contributed by atoms with Gasteiger partial charge in [0, 0.05) is 18.9 Å². The monoisotopic (exact) mass is 265 g/mol. The number of aromatic hydroxyl groups is 1. The second-order valence-electron chi connectivity index (χ2n) is 4.53. The fourth-order valence-corrected chi connectivity index (χ4v) is 1.73. The summed E-state index contributed by atoms with van der Waals surface area (Å²) in [7, 11) is 0. The summed E-state index contributed by atoms with van der Waals surface area (Å²) < 4.78 is 0. The number of aliphatic carboxylic acids is 1. The molecular formula is C14H19NO4. The van der Waals surface area contributed by atoms with E-state index in [0.717, 1.165) is 5.56 Å². The Kier molecular flexibility index (Phi) is 5.85. The lowest BCUT2D eigenvalue weighted by Crippen LogP contribution is -2.33. The highest BCUT2D eigenvalue weighted by Gasteiger charge is 2.10. The average molecular weight is 265 g/mol. The minimum Gasteiger partial charge on any atom is -0.508 e. The van der Waals surface area contributed by atoms with Crippen LogP contribution in [0.1, 0.15) is 31.7 Å². The minimum absolute atomic E-state index is 0.0426. The van der Waals surface area contributed by atoms with E-state index in [2.05, 4.69) is 5.32 Å². The van der Waals surface area contributed by atoms with Crippen LogP contribution in [-0.2, 0) is 16.0 Å². The predicted octanol–water partition coefficient (Wildman–Crippen LogP) is 1.69. The third-order valence-electron chi connectivity index (χ3n) is 2.81. The van der Waals surface area contributed by atoms with Crippen molar-refractivity contribution in [2.24, 2.45) is 0 Å². The first kappa shape index (κ1) is 15.0. The van der Waals surface area contributed by atoms with E-state index in [4.69, 9.17) is 5.11 Å². The van der Waals surface area contributed by atoms with Gasteiger partial charge in [-0.1, -0.05) is 18.2 Å². The van der Waals surface area contributed by atoms with Gasteiger partial charge in [-0.25, -0.2) is 0 Å². The number of carbonyl (C=O) groups is 2. The van der Waals surface area contributed by atoms with Crippen molar-refractivity contribution in [3.05, 3.63) is 29.8 Å². The molecule has 0 spiro atoms. The quantitative estimate of drug-likeness (QED) is 0.700. The van der Waals surface area contributed by atoms with Gasteiger partial charge in [0.1, 0.15) is 5.75 Å². The maximum absolute atomic E-state index is 11.6. The molecule has 1 rings (SSSR count). The van der Waals surface area contributed by atoms with Gasteiger partial charge < -0.3 is 15.5 Å². The Hall–Kier alpha value is -2.04. The SMILES string of the molecule is CC(CCC(=O)O)NC(=O)CCc1ccccc1O. The van der Waals surface area contributed by atoms with Gasteiger partial charge in [-0.3, -0.25) is 9.59 Å². The molecule has 0 aliphatic heterocycles. The van der Waals surface area contributed by atoms with Gasteiger partial charge in [-0.15, -0.1) is 0 Å². The molecular weight excluding hydrogens is 246 g/mol. The number of phenolic OH excluding ortho intramolecular Hbond substituents is 1. The number of benzene rings is 1. The highest BCUT2D eigenvalue weighted by molar-refractivity contribution is 5.76. The molecule has 1 unspecified atom stereocenters. The van der Waals surface area contributed by atoms with Crippen LogP contribution in [0.5, 0.6) is 5.75 Å². The predicted molar refractivity (Wildman–Crippen MR) is 70.9 cm³/mol. The van der Waals surface area contributed by atoms with Gasteiger partial charge in [0.05, 0.1) is 0 Å². The zero-order valence-electron chi connectivity index (χ0n) is 10.9. The normalized spacial score (nSPS) is 11.8. The summed E-state index contributed by atoms with van der Waals surface area (Å²) in [5.41, 5.74) is 0.732. The van der Waals surface area contributed by atoms with Crippen LogP contribution in [0.25, 0.3) is 0 Å². The number of carbonyl (C=O) groups excluding carboxylic acids is 1. The second kappa shape index (κ2) is 7.41. The second-order valence-corrected chi connectivity index (χ2v) is 4.53. The molecule has 1 aromatic carbocycles. The minimum atomic E-state index is -0.865. The van der Waals surface area contributed by atoms with Crippen LogP contribution < -0.4 is 5.32 Å². The molecule has 1 atom stereocenters. The van der Waals surface area contributed by atoms with E-state index in [0.29, 0.717) is 12.8 Å². The molecule has 1 aromatic rings. The number of hydrogen-bond acceptors (Lipinski definition) is 3. The van der Waals surface area contributed by atoms with Gasteiger partial charge in [0.2, 0.25) is 5.91 Å². The molecule has 0 saturated heterocycles. The molecule has 3 N–H and O–H groups in total. The fraction of sp³-hybridized carbons (Fsp3) is 0.429. The van der Waals surface area contributed by atoms with Crippen molar-refractivity contribution in [3.63, 3.8) is 0 Å². The van der Waals surface area contributed by atoms with Gasteiger partial charge in [-0.05, 0) is 31.4 Å². The Morgan fingerprint density at radius 3 is 2.58 bits per heavy atom. The topological polar surface area (TPSA) is 86.6 Å². The van der Waals surface area contributed by atoms with Gasteiger partial charge in [0.15, 0.2) is 0 Å². The first-order chi connectivity index (χ1) is 8.99. The molecule has 104 valence electrons. The zero-order chi connectivity index (χ0) is 14.3. The number of aryl methyl sites for hydroxylation is 1. The van der Waals surface area contributed by atoms with E-state index in [1.807, 2.05) is 6.07 Å². The fourth-order valence-electron chi connectivity index (χ4n) is 1.73. The number of amides is 1. The van der Waals surface area contributed by atoms with Crippen LogP contribution in [-0.4, -0.2) is 28.1 Å². The highest BCUT2D eigenvalue weighted by atomic mass is 16.4. The molecule has 0 aliphatic rings. The Morgan fingerprint density at radius 1 is 1.26 bits per heavy atom. The van der Waals surface area contributed by atoms with Crippen molar-refractivity contribution >= 4 is 11.9 Å². The van der Waals surface area contributed by atoms with Gasteiger partial charge in [0.25, 0.3) is 0 Å². The third kappa shape index (κ3) is 5.90. The summed E-state index contributed by atoms with van der Waals surface area (Å²) >= 11 is 0. The van der Waals surface area contributed by atoms with E-state index in [1.54, 1.807) is 25.1 Å². The molecule has 1 amide bonds. The molecule has 0 saturated carbocycles. The summed E-state index contributed by atoms with van der Waals surface area (Å²) in [5.74, 6) is -0.814. The molecule has 0 heterocycles. The third-order valence-corrected chi connectivity index (χ3v) is 2.81. The van der Waals surface area contributed by atoms with Gasteiger partial charge >= 0.3 is 5.97 Å². The zero-order valence-corrected chi connectivity index (χ0v) is 10.9. The molecule has 0 radical (unpaired) electrons. The van der Waals surface area contributed by atoms with E-state index >= 15 is 0 Å². The van der Waals surface area contributed by atoms with Crippen molar-refractivity contribution in [2.45, 2.75) is 38.6 Å². The molecule has 0 aliphatic carbocycles. The smallest absolute Gasteiger partial charge is 0.303 e. The number of rotatable bonds is 7. The number of carboxylic acids is 1. The molecule has 5 nitrogen and oxygen atoms in total. The number of phenols is 1. The highest BCUT2D eigenvalue weighted by Crippen LogP contribution is 2.17. The van der Waals surface area contributed by atoms with Crippen LogP contribution in [0.15, 0.2) is 24.3 Å². The van der Waals surface area contributed by atoms with Crippen LogP contribution >= 0.6 is 0 Å². The van der Waals surface area contributed by atoms with E-state index < -0.39 is 5.97 Å². The maximum Gasteiger partial charge on any atom is 0.303 e. The lowest BCUT2D eigenvalue weighted by Gasteiger charge is -2.12. The molecule has 0 bridgehead atoms. The molecule has 5 heteroatoms. The van der Waals surface area contributed by atoms with Crippen LogP contribution in [0.3, 0.4) is 0 Å². The van der Waals surface area contributed by atoms with Crippen LogP contribution in [0.2, 0.25) is 0 Å². The van der Waals surface area contributed by atoms with E-state index in [9.17, 15) is 14.7 Å². The van der Waals surface area contributed by atoms with Crippen LogP contribution in [0.4, 0.5) is 0 Å². The summed E-state index contributed by atoms with van der Waals surface area (Å²) in [4.78, 5) is 22.0. The Balaban J connectivity index is 2.32. The lowest BCUT2D eigenvalue weighted by atomic mass is 10.1. The maximum atomic E-state index is 11.6. The first-order valence-corrected chi connectivity index (χ1v) is 6.27. The number of nitrogens with one attached hydrogen (secondary N) is 1. The Bertz CT molecular complexity index is 445. The first-order valence-electron chi connectivity index (χ1n) is 6.27. The number of para-hydroxylation sites is 1. The number of hydrogen-bond donors (Lipinski definition) is 3. The molecule has 19 heavy (non-hydrogen) atoms. The summed E-state index contributed by atoms with van der Waals surface area (Å²) in [5, 5.41) is 20.8. The van der Waals surface area contributed by atoms with Crippen molar-refractivity contribution in [1.29, 1.82) is 0 Å². The van der Waals surface area contributed by atoms with Crippen LogP contribution in [0, 0.1) is 0 Å². The number of carboxylic acid groups (broad SMARTS) is 1. The summed E-state index contributed by atoms with van der Waals surface area (Å²) in [6, 6.07) is 6.74. The van der Waals surface area contributed by atoms with Gasteiger partial charge in [-0.2, -0.15) is 0 Å². The van der Waals surface area contributed by atoms with Crippen molar-refractivity contribution < 1.29 is 19.8 Å². The Labute approximate surface area is 112 Å². The summed E-state index contributed by atoms with van der Waals surface area (Å²) in [6.07, 6.45) is 1.19. The van der Waals surface area contributed by atoms with Crippen molar-refractivity contribution in [3.8, 4) is 5.75 Å². The van der Waals surface area contributed by atoms with Crippen molar-refractivity contribution in [1.82, 2.24) is 5.32 Å². The Morgan fingerprint density at radius 2 is 1.95 bits per heavy atom. The molecule has 0 fully saturated rings.